The van der Waals surface area contributed by atoms with Crippen LogP contribution in [0.5, 0.6) is 11.5 Å². The van der Waals surface area contributed by atoms with E-state index in [1.54, 1.807) is 19.2 Å². The summed E-state index contributed by atoms with van der Waals surface area (Å²) in [7, 11) is -2.28. The van der Waals surface area contributed by atoms with Crippen molar-refractivity contribution in [2.24, 2.45) is 11.3 Å². The first-order chi connectivity index (χ1) is 27.8. The molecule has 13 nitrogen and oxygen atoms in total. The highest BCUT2D eigenvalue weighted by molar-refractivity contribution is 7.91. The van der Waals surface area contributed by atoms with E-state index in [4.69, 9.17) is 19.4 Å². The topological polar surface area (TPSA) is 169 Å². The van der Waals surface area contributed by atoms with Crippen molar-refractivity contribution in [2.45, 2.75) is 115 Å². The van der Waals surface area contributed by atoms with Crippen molar-refractivity contribution < 1.29 is 36.7 Å². The summed E-state index contributed by atoms with van der Waals surface area (Å²) in [5.41, 5.74) is 1.41. The molecule has 2 aromatic heterocycles. The predicted octanol–water partition coefficient (Wildman–Crippen LogP) is 6.71. The van der Waals surface area contributed by atoms with Gasteiger partial charge in [0.1, 0.15) is 51.7 Å². The van der Waals surface area contributed by atoms with Gasteiger partial charge >= 0.3 is 0 Å². The van der Waals surface area contributed by atoms with Crippen LogP contribution in [-0.4, -0.2) is 83.6 Å². The minimum atomic E-state index is -3.88. The number of anilines is 1. The van der Waals surface area contributed by atoms with Crippen LogP contribution in [-0.2, 0) is 24.4 Å². The maximum atomic E-state index is 14.9. The first kappa shape index (κ1) is 42.3. The molecule has 4 aromatic rings. The molecule has 59 heavy (non-hydrogen) atoms. The number of hydrogen-bond acceptors (Lipinski definition) is 11. The minimum Gasteiger partial charge on any atom is -0.496 e. The largest absolute Gasteiger partial charge is 0.496 e. The third kappa shape index (κ3) is 8.61. The van der Waals surface area contributed by atoms with Gasteiger partial charge in [-0.15, -0.1) is 11.3 Å². The molecule has 0 unspecified atom stereocenters. The maximum Gasteiger partial charge on any atom is 0.259 e. The number of nitrogens with zero attached hydrogens (tertiary/aromatic N) is 3. The van der Waals surface area contributed by atoms with E-state index in [0.29, 0.717) is 58.1 Å². The van der Waals surface area contributed by atoms with Crippen molar-refractivity contribution in [3.63, 3.8) is 0 Å². The van der Waals surface area contributed by atoms with Crippen LogP contribution in [0.3, 0.4) is 0 Å². The number of ether oxygens (including phenoxy) is 2. The highest BCUT2D eigenvalue weighted by Gasteiger charge is 2.62. The second-order valence-electron chi connectivity index (χ2n) is 17.4. The van der Waals surface area contributed by atoms with Gasteiger partial charge < -0.3 is 25.0 Å². The second-order valence-corrected chi connectivity index (χ2v) is 20.2. The fourth-order valence-corrected chi connectivity index (χ4v) is 10.2. The van der Waals surface area contributed by atoms with Gasteiger partial charge in [0.2, 0.25) is 21.8 Å². The quantitative estimate of drug-likeness (QED) is 0.124. The number of rotatable bonds is 14. The van der Waals surface area contributed by atoms with Gasteiger partial charge in [-0.25, -0.2) is 22.8 Å². The standard InChI is InChI=1S/C43H53FN6O7S2/c1-9-25-20-43(25,41(53)49-59(54,55)29-14-15-29)48-38(51)33-18-28(21-50(33)40(52)37(42(5,6)7)45-27-12-10-26(44)11-13-27)57-35-19-31(39-47-32(22-58-39)23(2)3)46-36-24(4)34(56-8)17-16-30(35)36/h10-13,16-17,19,22-23,25,28-29,33,37,45H,9,14-15,18,20-21H2,1-8H3,(H,48,51)(H,49,53)/t25-,28-,33+,37-,43-/m1/s1. The molecule has 0 spiro atoms. The Morgan fingerprint density at radius 3 is 2.37 bits per heavy atom. The molecule has 3 fully saturated rings. The van der Waals surface area contributed by atoms with Crippen LogP contribution in [0.1, 0.15) is 90.8 Å². The number of nitrogens with one attached hydrogen (secondary N) is 3. The zero-order valence-electron chi connectivity index (χ0n) is 34.7. The summed E-state index contributed by atoms with van der Waals surface area (Å²) >= 11 is 1.48. The fraction of sp³-hybridized carbons (Fsp3) is 0.512. The number of methoxy groups -OCH3 is 1. The van der Waals surface area contributed by atoms with Crippen molar-refractivity contribution in [1.82, 2.24) is 24.9 Å². The number of carbonyl (C=O) groups is 3. The zero-order chi connectivity index (χ0) is 42.6. The summed E-state index contributed by atoms with van der Waals surface area (Å²) in [6.45, 7) is 13.7. The smallest absolute Gasteiger partial charge is 0.259 e. The van der Waals surface area contributed by atoms with Crippen molar-refractivity contribution >= 4 is 55.7 Å². The van der Waals surface area contributed by atoms with E-state index in [1.807, 2.05) is 58.2 Å². The molecule has 316 valence electrons. The first-order valence-electron chi connectivity index (χ1n) is 20.2. The molecule has 5 atom stereocenters. The third-order valence-corrected chi connectivity index (χ3v) is 14.4. The van der Waals surface area contributed by atoms with E-state index < -0.39 is 68.0 Å². The highest BCUT2D eigenvalue weighted by atomic mass is 32.2. The Kier molecular flexibility index (Phi) is 11.5. The number of thiazole rings is 1. The number of benzene rings is 2. The molecule has 3 aliphatic rings. The molecule has 3 heterocycles. The number of aryl methyl sites for hydroxylation is 1. The van der Waals surface area contributed by atoms with E-state index in [-0.39, 0.29) is 31.2 Å². The summed E-state index contributed by atoms with van der Waals surface area (Å²) in [5.74, 6) is -1.09. The Balaban J connectivity index is 1.24. The molecular formula is C43H53FN6O7S2. The van der Waals surface area contributed by atoms with Gasteiger partial charge in [0.25, 0.3) is 5.91 Å². The molecule has 7 rings (SSSR count). The van der Waals surface area contributed by atoms with Gasteiger partial charge in [-0.2, -0.15) is 0 Å². The van der Waals surface area contributed by atoms with Gasteiger partial charge in [-0.3, -0.25) is 19.1 Å². The lowest BCUT2D eigenvalue weighted by Crippen LogP contribution is -2.58. The van der Waals surface area contributed by atoms with Crippen LogP contribution < -0.4 is 24.8 Å². The minimum absolute atomic E-state index is 0.0180. The predicted molar refractivity (Wildman–Crippen MR) is 225 cm³/mol. The Morgan fingerprint density at radius 2 is 1.78 bits per heavy atom. The normalized spacial score (nSPS) is 22.3. The van der Waals surface area contributed by atoms with Crippen LogP contribution in [0, 0.1) is 24.1 Å². The zero-order valence-corrected chi connectivity index (χ0v) is 36.4. The van der Waals surface area contributed by atoms with Gasteiger partial charge in [-0.05, 0) is 79.8 Å². The van der Waals surface area contributed by atoms with Crippen LogP contribution in [0.15, 0.2) is 47.8 Å². The third-order valence-electron chi connectivity index (χ3n) is 11.7. The fourth-order valence-electron chi connectivity index (χ4n) is 7.85. The van der Waals surface area contributed by atoms with Gasteiger partial charge in [0.15, 0.2) is 0 Å². The van der Waals surface area contributed by atoms with Gasteiger partial charge in [-0.1, -0.05) is 48.0 Å². The monoisotopic (exact) mass is 848 g/mol. The number of hydrogen-bond donors (Lipinski definition) is 3. The molecule has 3 N–H and O–H groups in total. The molecule has 2 aromatic carbocycles. The van der Waals surface area contributed by atoms with E-state index in [1.165, 1.54) is 28.4 Å². The van der Waals surface area contributed by atoms with Crippen LogP contribution in [0.2, 0.25) is 0 Å². The van der Waals surface area contributed by atoms with E-state index in [2.05, 4.69) is 29.2 Å². The molecule has 2 aliphatic carbocycles. The number of halogens is 1. The van der Waals surface area contributed by atoms with E-state index >= 15 is 0 Å². The van der Waals surface area contributed by atoms with Gasteiger partial charge in [0.05, 0.1) is 30.1 Å². The summed E-state index contributed by atoms with van der Waals surface area (Å²) in [6, 6.07) is 9.30. The summed E-state index contributed by atoms with van der Waals surface area (Å²) < 4.78 is 54.3. The Hall–Kier alpha value is -4.83. The molecule has 3 amide bonds. The number of likely N-dealkylation sites (tertiary alicyclic amines) is 1. The number of aromatic nitrogens is 2. The van der Waals surface area contributed by atoms with Crippen molar-refractivity contribution in [3.05, 3.63) is 64.9 Å². The van der Waals surface area contributed by atoms with Crippen LogP contribution >= 0.6 is 11.3 Å². The molecule has 0 bridgehead atoms. The summed E-state index contributed by atoms with van der Waals surface area (Å²) in [4.78, 5) is 54.5. The van der Waals surface area contributed by atoms with Crippen LogP contribution in [0.4, 0.5) is 10.1 Å². The Morgan fingerprint density at radius 1 is 1.07 bits per heavy atom. The second kappa shape index (κ2) is 16.0. The number of pyridine rings is 1. The average Bonchev–Trinajstić information content (AvgIpc) is 4.07. The van der Waals surface area contributed by atoms with Crippen LogP contribution in [0.25, 0.3) is 21.6 Å². The van der Waals surface area contributed by atoms with Crippen molar-refractivity contribution in [2.75, 3.05) is 19.0 Å². The number of carbonyl (C=O) groups excluding carboxylic acids is 3. The summed E-state index contributed by atoms with van der Waals surface area (Å²) in [6.07, 6.45) is 1.13. The van der Waals surface area contributed by atoms with Gasteiger partial charge in [0, 0.05) is 34.5 Å². The lowest BCUT2D eigenvalue weighted by Gasteiger charge is -2.36. The van der Waals surface area contributed by atoms with E-state index in [0.717, 1.165) is 11.3 Å². The van der Waals surface area contributed by atoms with E-state index in [9.17, 15) is 27.2 Å². The van der Waals surface area contributed by atoms with Crippen molar-refractivity contribution in [1.29, 1.82) is 0 Å². The SMILES string of the molecule is CC[C@@H]1C[C@]1(NC(=O)[C@@H]1C[C@@H](Oc2cc(-c3nc(C(C)C)cs3)nc3c(C)c(OC)ccc23)CN1C(=O)[C@@H](Nc1ccc(F)cc1)C(C)(C)C)C(=O)NS(=O)(=O)C1CC1. The first-order valence-corrected chi connectivity index (χ1v) is 22.6. The maximum absolute atomic E-state index is 14.9. The number of amides is 3. The number of fused-ring (bicyclic) bond motifs is 1. The van der Waals surface area contributed by atoms with Crippen molar-refractivity contribution in [3.8, 4) is 22.2 Å². The molecule has 0 radical (unpaired) electrons. The lowest BCUT2D eigenvalue weighted by molar-refractivity contribution is -0.141. The average molecular weight is 849 g/mol. The Labute approximate surface area is 348 Å². The summed E-state index contributed by atoms with van der Waals surface area (Å²) in [5, 5.41) is 9.01. The number of sulfonamides is 1. The highest BCUT2D eigenvalue weighted by Crippen LogP contribution is 2.47. The molecule has 1 aliphatic heterocycles. The lowest BCUT2D eigenvalue weighted by atomic mass is 9.85. The Bertz CT molecular complexity index is 2380. The molecular weight excluding hydrogens is 796 g/mol. The molecule has 1 saturated heterocycles. The molecule has 16 heteroatoms. The molecule has 2 saturated carbocycles.